The summed E-state index contributed by atoms with van der Waals surface area (Å²) in [7, 11) is 0. The van der Waals surface area contributed by atoms with E-state index < -0.39 is 28.7 Å². The zero-order valence-corrected chi connectivity index (χ0v) is 28.7. The highest BCUT2D eigenvalue weighted by Crippen LogP contribution is 2.69. The van der Waals surface area contributed by atoms with Crippen molar-refractivity contribution >= 4 is 46.8 Å². The number of rotatable bonds is 13. The van der Waals surface area contributed by atoms with E-state index in [4.69, 9.17) is 11.6 Å². The number of likely N-dealkylation sites (tertiary alicyclic amines) is 1. The second kappa shape index (κ2) is 14.3. The van der Waals surface area contributed by atoms with Crippen LogP contribution in [0.5, 0.6) is 0 Å². The number of aliphatic hydroxyl groups excluding tert-OH is 1. The van der Waals surface area contributed by atoms with Gasteiger partial charge in [0, 0.05) is 35.6 Å². The topological polar surface area (TPSA) is 81.2 Å². The number of carbonyl (C=O) groups is 3. The van der Waals surface area contributed by atoms with Crippen molar-refractivity contribution in [3.8, 4) is 0 Å². The summed E-state index contributed by atoms with van der Waals surface area (Å²) in [6, 6.07) is 25.0. The first-order valence-electron chi connectivity index (χ1n) is 16.5. The van der Waals surface area contributed by atoms with Crippen molar-refractivity contribution in [2.75, 3.05) is 24.6 Å². The summed E-state index contributed by atoms with van der Waals surface area (Å²) in [4.78, 5) is 49.9. The molecule has 1 spiro atoms. The number of benzene rings is 3. The molecule has 6 rings (SSSR count). The van der Waals surface area contributed by atoms with Gasteiger partial charge in [-0.15, -0.1) is 24.9 Å². The van der Waals surface area contributed by atoms with E-state index in [0.29, 0.717) is 36.6 Å². The van der Waals surface area contributed by atoms with Crippen LogP contribution < -0.4 is 4.90 Å². The highest BCUT2D eigenvalue weighted by atomic mass is 35.5. The zero-order chi connectivity index (χ0) is 34.0. The second-order valence-electron chi connectivity index (χ2n) is 13.0. The van der Waals surface area contributed by atoms with Crippen LogP contribution in [0.3, 0.4) is 0 Å². The van der Waals surface area contributed by atoms with Crippen LogP contribution in [-0.2, 0) is 27.3 Å². The number of carbonyl (C=O) groups excluding carboxylic acids is 3. The van der Waals surface area contributed by atoms with Gasteiger partial charge in [0.25, 0.3) is 5.91 Å². The Morgan fingerprint density at radius 3 is 2.21 bits per heavy atom. The van der Waals surface area contributed by atoms with Crippen molar-refractivity contribution in [3.63, 3.8) is 0 Å². The van der Waals surface area contributed by atoms with Crippen LogP contribution in [-0.4, -0.2) is 74.4 Å². The molecule has 3 aromatic carbocycles. The Balaban J connectivity index is 1.45. The Morgan fingerprint density at radius 2 is 1.60 bits per heavy atom. The second-order valence-corrected chi connectivity index (χ2v) is 15.0. The van der Waals surface area contributed by atoms with Gasteiger partial charge in [-0.2, -0.15) is 0 Å². The third kappa shape index (κ3) is 5.99. The molecule has 0 aliphatic carbocycles. The van der Waals surface area contributed by atoms with E-state index in [1.54, 1.807) is 62.9 Å². The lowest BCUT2D eigenvalue weighted by molar-refractivity contribution is -0.145. The van der Waals surface area contributed by atoms with Crippen LogP contribution >= 0.6 is 23.4 Å². The normalized spacial score (nSPS) is 26.2. The molecule has 3 aromatic rings. The van der Waals surface area contributed by atoms with Gasteiger partial charge in [0.15, 0.2) is 0 Å². The van der Waals surface area contributed by atoms with Gasteiger partial charge in [0.2, 0.25) is 11.8 Å². The lowest BCUT2D eigenvalue weighted by atomic mass is 9.65. The molecule has 48 heavy (non-hydrogen) atoms. The fourth-order valence-corrected chi connectivity index (χ4v) is 10.7. The Bertz CT molecular complexity index is 1650. The Kier molecular flexibility index (Phi) is 10.2. The minimum Gasteiger partial charge on any atom is -0.394 e. The number of nitrogens with zero attached hydrogens (tertiary/aromatic N) is 3. The molecule has 0 aromatic heterocycles. The Hall–Kier alpha value is -3.85. The van der Waals surface area contributed by atoms with Crippen LogP contribution in [0.4, 0.5) is 5.69 Å². The number of anilines is 1. The summed E-state index contributed by atoms with van der Waals surface area (Å²) in [5.41, 5.74) is 2.58. The molecular weight excluding hydrogens is 642 g/mol. The highest BCUT2D eigenvalue weighted by molar-refractivity contribution is 8.02. The molecule has 2 bridgehead atoms. The van der Waals surface area contributed by atoms with Crippen LogP contribution in [0.25, 0.3) is 0 Å². The standard InChI is InChI=1S/C39H42ClN3O4S/c1-4-20-41(24-28-14-10-7-11-15-28)36(45)33-32-22-26(3)39(48-32)34(33)37(46)43(31(25-44)23-27-12-8-6-9-13-27)35(39)38(47)42(21-5-2)30-18-16-29(40)17-19-30/h4-19,26,31-35,44H,1-2,20-25H2,3H3/t26?,31-,32-,33+,34+,35?,39?/m1/s1. The molecule has 3 aliphatic rings. The molecule has 0 radical (unpaired) electrons. The van der Waals surface area contributed by atoms with Crippen molar-refractivity contribution in [3.05, 3.63) is 126 Å². The number of thioether (sulfide) groups is 1. The van der Waals surface area contributed by atoms with Crippen molar-refractivity contribution in [2.24, 2.45) is 17.8 Å². The van der Waals surface area contributed by atoms with E-state index in [2.05, 4.69) is 20.1 Å². The van der Waals surface area contributed by atoms with Gasteiger partial charge in [0.1, 0.15) is 6.04 Å². The molecule has 3 heterocycles. The molecule has 3 aliphatic heterocycles. The van der Waals surface area contributed by atoms with Crippen LogP contribution in [0.2, 0.25) is 5.02 Å². The summed E-state index contributed by atoms with van der Waals surface area (Å²) in [5, 5.41) is 11.3. The van der Waals surface area contributed by atoms with Gasteiger partial charge >= 0.3 is 0 Å². The Labute approximate surface area is 292 Å². The maximum Gasteiger partial charge on any atom is 0.251 e. The van der Waals surface area contributed by atoms with Crippen molar-refractivity contribution in [1.29, 1.82) is 0 Å². The van der Waals surface area contributed by atoms with E-state index in [0.717, 1.165) is 11.1 Å². The van der Waals surface area contributed by atoms with Gasteiger partial charge in [-0.1, -0.05) is 91.3 Å². The molecule has 250 valence electrons. The molecule has 1 N–H and O–H groups in total. The fourth-order valence-electron chi connectivity index (χ4n) is 8.17. The predicted molar refractivity (Wildman–Crippen MR) is 193 cm³/mol. The largest absolute Gasteiger partial charge is 0.394 e. The molecule has 0 saturated carbocycles. The van der Waals surface area contributed by atoms with Gasteiger partial charge in [0.05, 0.1) is 29.2 Å². The van der Waals surface area contributed by atoms with Gasteiger partial charge in [-0.05, 0) is 54.2 Å². The number of fused-ring (bicyclic) bond motifs is 1. The first-order chi connectivity index (χ1) is 23.2. The van der Waals surface area contributed by atoms with Gasteiger partial charge in [-0.3, -0.25) is 14.4 Å². The molecule has 9 heteroatoms. The number of halogens is 1. The first kappa shape index (κ1) is 34.0. The fraction of sp³-hybridized carbons (Fsp3) is 0.359. The minimum atomic E-state index is -0.906. The summed E-state index contributed by atoms with van der Waals surface area (Å²) in [5.74, 6) is -1.95. The maximum absolute atomic E-state index is 15.1. The minimum absolute atomic E-state index is 0.0294. The molecule has 7 nitrogen and oxygen atoms in total. The third-order valence-corrected chi connectivity index (χ3v) is 12.5. The average molecular weight is 684 g/mol. The van der Waals surface area contributed by atoms with E-state index in [-0.39, 0.29) is 42.0 Å². The summed E-state index contributed by atoms with van der Waals surface area (Å²) < 4.78 is -0.859. The van der Waals surface area contributed by atoms with Crippen molar-refractivity contribution < 1.29 is 19.5 Å². The SMILES string of the molecule is C=CCN(Cc1ccccc1)C(=O)[C@@H]1[C@H]2C(=O)N([C@@H](CO)Cc3ccccc3)C(C(=O)N(CC=C)c3ccc(Cl)cc3)C23S[C@@H]1CC3C. The molecule has 3 amide bonds. The van der Waals surface area contributed by atoms with Crippen molar-refractivity contribution in [1.82, 2.24) is 9.80 Å². The maximum atomic E-state index is 15.1. The number of aliphatic hydroxyl groups is 1. The summed E-state index contributed by atoms with van der Waals surface area (Å²) in [6.07, 6.45) is 4.47. The van der Waals surface area contributed by atoms with E-state index in [1.165, 1.54) is 0 Å². The van der Waals surface area contributed by atoms with Crippen LogP contribution in [0, 0.1) is 17.8 Å². The van der Waals surface area contributed by atoms with E-state index in [1.807, 2.05) is 60.7 Å². The van der Waals surface area contributed by atoms with Crippen LogP contribution in [0.1, 0.15) is 24.5 Å². The first-order valence-corrected chi connectivity index (χ1v) is 17.8. The van der Waals surface area contributed by atoms with E-state index >= 15 is 9.59 Å². The zero-order valence-electron chi connectivity index (χ0n) is 27.2. The predicted octanol–water partition coefficient (Wildman–Crippen LogP) is 6.01. The molecule has 3 fully saturated rings. The lowest BCUT2D eigenvalue weighted by Gasteiger charge is -2.42. The number of hydrogen-bond acceptors (Lipinski definition) is 5. The molecule has 3 saturated heterocycles. The number of amides is 3. The summed E-state index contributed by atoms with van der Waals surface area (Å²) in [6.45, 7) is 10.6. The van der Waals surface area contributed by atoms with Crippen molar-refractivity contribution in [2.45, 2.75) is 48.4 Å². The Morgan fingerprint density at radius 1 is 0.979 bits per heavy atom. The van der Waals surface area contributed by atoms with E-state index in [9.17, 15) is 9.90 Å². The monoisotopic (exact) mass is 683 g/mol. The third-order valence-electron chi connectivity index (χ3n) is 10.2. The quantitative estimate of drug-likeness (QED) is 0.223. The van der Waals surface area contributed by atoms with Gasteiger partial charge < -0.3 is 19.8 Å². The highest BCUT2D eigenvalue weighted by Gasteiger charge is 2.77. The van der Waals surface area contributed by atoms with Crippen LogP contribution in [0.15, 0.2) is 110 Å². The molecule has 7 atom stereocenters. The lowest BCUT2D eigenvalue weighted by Crippen LogP contribution is -2.59. The number of hydrogen-bond donors (Lipinski definition) is 1. The average Bonchev–Trinajstić information content (AvgIpc) is 3.70. The summed E-state index contributed by atoms with van der Waals surface area (Å²) >= 11 is 7.85. The molecule has 3 unspecified atom stereocenters. The van der Waals surface area contributed by atoms with Gasteiger partial charge in [-0.25, -0.2) is 0 Å². The molecular formula is C39H42ClN3O4S. The smallest absolute Gasteiger partial charge is 0.251 e.